The molecule has 0 bridgehead atoms. The van der Waals surface area contributed by atoms with Gasteiger partial charge in [0, 0.05) is 6.07 Å². The van der Waals surface area contributed by atoms with Gasteiger partial charge in [0.1, 0.15) is 5.76 Å². The van der Waals surface area contributed by atoms with Crippen LogP contribution in [0.4, 0.5) is 0 Å². The number of hydrogen-bond donors (Lipinski definition) is 1. The van der Waals surface area contributed by atoms with Crippen molar-refractivity contribution >= 4 is 18.3 Å². The first-order valence-corrected chi connectivity index (χ1v) is 2.43. The third kappa shape index (κ3) is 1.73. The minimum atomic E-state index is -0.563. The number of nitrogens with two attached hydrogens (primary N) is 1. The molecule has 1 amide bonds. The van der Waals surface area contributed by atoms with Gasteiger partial charge in [-0.25, -0.2) is 0 Å². The zero-order valence-corrected chi connectivity index (χ0v) is 6.14. The number of nitrogens with zero attached hydrogens (tertiary/aromatic N) is 1. The highest BCUT2D eigenvalue weighted by atomic mass is 35.5. The van der Waals surface area contributed by atoms with Gasteiger partial charge in [-0.15, -0.1) is 12.4 Å². The summed E-state index contributed by atoms with van der Waals surface area (Å²) >= 11 is 0. The average Bonchev–Trinajstić information content (AvgIpc) is 2.14. The monoisotopic (exact) mass is 162 g/mol. The lowest BCUT2D eigenvalue weighted by molar-refractivity contribution is 0.0991. The number of aryl methyl sites for hydroxylation is 1. The standard InChI is InChI=1S/C5H6N2O2.ClH/c1-3-2-4(5(6)8)7-9-3;/h2H,1H3,(H2,6,8);1H. The molecular formula is C5H7ClN2O2. The Bertz CT molecular complexity index is 233. The first-order valence-electron chi connectivity index (χ1n) is 2.43. The molecule has 1 aromatic heterocycles. The molecule has 0 fully saturated rings. The summed E-state index contributed by atoms with van der Waals surface area (Å²) in [7, 11) is 0. The smallest absolute Gasteiger partial charge is 0.270 e. The van der Waals surface area contributed by atoms with E-state index in [9.17, 15) is 4.79 Å². The summed E-state index contributed by atoms with van der Waals surface area (Å²) in [5.74, 6) is 0.0238. The van der Waals surface area contributed by atoms with E-state index < -0.39 is 5.91 Å². The van der Waals surface area contributed by atoms with E-state index in [0.29, 0.717) is 5.76 Å². The third-order valence-electron chi connectivity index (χ3n) is 0.880. The molecule has 0 atom stereocenters. The average molecular weight is 163 g/mol. The second-order valence-corrected chi connectivity index (χ2v) is 1.69. The Morgan fingerprint density at radius 2 is 2.40 bits per heavy atom. The van der Waals surface area contributed by atoms with Crippen LogP contribution in [0.2, 0.25) is 0 Å². The number of hydrogen-bond acceptors (Lipinski definition) is 3. The first-order chi connectivity index (χ1) is 4.20. The van der Waals surface area contributed by atoms with Gasteiger partial charge in [-0.1, -0.05) is 5.16 Å². The van der Waals surface area contributed by atoms with Crippen molar-refractivity contribution in [3.8, 4) is 0 Å². The molecule has 0 aromatic carbocycles. The van der Waals surface area contributed by atoms with E-state index >= 15 is 0 Å². The van der Waals surface area contributed by atoms with Crippen molar-refractivity contribution < 1.29 is 9.32 Å². The molecule has 4 nitrogen and oxygen atoms in total. The number of aromatic nitrogens is 1. The Kier molecular flexibility index (Phi) is 2.89. The van der Waals surface area contributed by atoms with Crippen molar-refractivity contribution in [2.24, 2.45) is 5.73 Å². The van der Waals surface area contributed by atoms with Gasteiger partial charge in [-0.2, -0.15) is 0 Å². The van der Waals surface area contributed by atoms with E-state index in [4.69, 9.17) is 5.73 Å². The SMILES string of the molecule is Cc1cc(C(N)=O)no1.Cl. The van der Waals surface area contributed by atoms with Crippen LogP contribution in [0.3, 0.4) is 0 Å². The summed E-state index contributed by atoms with van der Waals surface area (Å²) < 4.78 is 4.57. The van der Waals surface area contributed by atoms with Crippen LogP contribution in [-0.2, 0) is 0 Å². The Morgan fingerprint density at radius 3 is 2.60 bits per heavy atom. The van der Waals surface area contributed by atoms with Crippen LogP contribution in [0.25, 0.3) is 0 Å². The summed E-state index contributed by atoms with van der Waals surface area (Å²) in [6.07, 6.45) is 0. The van der Waals surface area contributed by atoms with Gasteiger partial charge >= 0.3 is 0 Å². The molecule has 0 spiro atoms. The first kappa shape index (κ1) is 8.97. The van der Waals surface area contributed by atoms with E-state index in [1.54, 1.807) is 6.92 Å². The van der Waals surface area contributed by atoms with Gasteiger partial charge in [0.25, 0.3) is 5.91 Å². The number of halogens is 1. The van der Waals surface area contributed by atoms with E-state index in [2.05, 4.69) is 9.68 Å². The van der Waals surface area contributed by atoms with Crippen LogP contribution in [-0.4, -0.2) is 11.1 Å². The largest absolute Gasteiger partial charge is 0.364 e. The molecule has 5 heteroatoms. The summed E-state index contributed by atoms with van der Waals surface area (Å²) in [6.45, 7) is 1.69. The molecule has 0 radical (unpaired) electrons. The fourth-order valence-electron chi connectivity index (χ4n) is 0.483. The van der Waals surface area contributed by atoms with Gasteiger partial charge in [-0.3, -0.25) is 4.79 Å². The van der Waals surface area contributed by atoms with Crippen LogP contribution < -0.4 is 5.73 Å². The van der Waals surface area contributed by atoms with Crippen LogP contribution in [0.15, 0.2) is 10.6 Å². The molecule has 0 aliphatic carbocycles. The summed E-state index contributed by atoms with van der Waals surface area (Å²) in [5, 5.41) is 3.37. The highest BCUT2D eigenvalue weighted by molar-refractivity contribution is 5.90. The van der Waals surface area contributed by atoms with Crippen molar-refractivity contribution in [3.05, 3.63) is 17.5 Å². The van der Waals surface area contributed by atoms with Crippen molar-refractivity contribution in [1.29, 1.82) is 0 Å². The van der Waals surface area contributed by atoms with Crippen molar-refractivity contribution in [2.45, 2.75) is 6.92 Å². The van der Waals surface area contributed by atoms with E-state index in [1.807, 2.05) is 0 Å². The van der Waals surface area contributed by atoms with Gasteiger partial charge < -0.3 is 10.3 Å². The lowest BCUT2D eigenvalue weighted by Gasteiger charge is -1.77. The van der Waals surface area contributed by atoms with E-state index in [0.717, 1.165) is 0 Å². The summed E-state index contributed by atoms with van der Waals surface area (Å²) in [6, 6.07) is 1.49. The molecule has 0 saturated heterocycles. The normalized spacial score (nSPS) is 8.50. The van der Waals surface area contributed by atoms with E-state index in [-0.39, 0.29) is 18.1 Å². The van der Waals surface area contributed by atoms with Crippen molar-refractivity contribution in [1.82, 2.24) is 5.16 Å². The van der Waals surface area contributed by atoms with Gasteiger partial charge in [-0.05, 0) is 6.92 Å². The molecule has 0 unspecified atom stereocenters. The third-order valence-corrected chi connectivity index (χ3v) is 0.880. The number of amides is 1. The zero-order valence-electron chi connectivity index (χ0n) is 5.33. The zero-order chi connectivity index (χ0) is 6.85. The van der Waals surface area contributed by atoms with Gasteiger partial charge in [0.05, 0.1) is 0 Å². The predicted octanol–water partition coefficient (Wildman–Crippen LogP) is 0.504. The Balaban J connectivity index is 0.000000810. The van der Waals surface area contributed by atoms with Crippen LogP contribution in [0, 0.1) is 6.92 Å². The van der Waals surface area contributed by atoms with Crippen LogP contribution >= 0.6 is 12.4 Å². The molecule has 56 valence electrons. The van der Waals surface area contributed by atoms with Gasteiger partial charge in [0.15, 0.2) is 5.69 Å². The highest BCUT2D eigenvalue weighted by Gasteiger charge is 2.03. The summed E-state index contributed by atoms with van der Waals surface area (Å²) in [5.41, 5.74) is 5.04. The number of rotatable bonds is 1. The van der Waals surface area contributed by atoms with E-state index in [1.165, 1.54) is 6.07 Å². The maximum atomic E-state index is 10.3. The molecule has 0 aliphatic heterocycles. The molecule has 1 rings (SSSR count). The lowest BCUT2D eigenvalue weighted by Crippen LogP contribution is -2.10. The second-order valence-electron chi connectivity index (χ2n) is 1.69. The minimum Gasteiger partial charge on any atom is -0.364 e. The molecule has 2 N–H and O–H groups in total. The number of carbonyl (C=O) groups excluding carboxylic acids is 1. The summed E-state index contributed by atoms with van der Waals surface area (Å²) in [4.78, 5) is 10.3. The Hall–Kier alpha value is -1.03. The lowest BCUT2D eigenvalue weighted by atomic mass is 10.4. The quantitative estimate of drug-likeness (QED) is 0.654. The molecule has 0 saturated carbocycles. The predicted molar refractivity (Wildman–Crippen MR) is 37.0 cm³/mol. The molecule has 1 heterocycles. The second kappa shape index (κ2) is 3.22. The molecule has 1 aromatic rings. The molecule has 0 aliphatic rings. The number of primary amides is 1. The Labute approximate surface area is 63.8 Å². The van der Waals surface area contributed by atoms with Crippen LogP contribution in [0.1, 0.15) is 16.2 Å². The fourth-order valence-corrected chi connectivity index (χ4v) is 0.483. The van der Waals surface area contributed by atoms with Crippen LogP contribution in [0.5, 0.6) is 0 Å². The van der Waals surface area contributed by atoms with Gasteiger partial charge in [0.2, 0.25) is 0 Å². The topological polar surface area (TPSA) is 69.1 Å². The molecular weight excluding hydrogens is 156 g/mol. The van der Waals surface area contributed by atoms with Crippen molar-refractivity contribution in [3.63, 3.8) is 0 Å². The molecule has 10 heavy (non-hydrogen) atoms. The van der Waals surface area contributed by atoms with Crippen molar-refractivity contribution in [2.75, 3.05) is 0 Å². The Morgan fingerprint density at radius 1 is 1.80 bits per heavy atom. The number of carbonyl (C=O) groups is 1. The highest BCUT2D eigenvalue weighted by Crippen LogP contribution is 1.98. The maximum Gasteiger partial charge on any atom is 0.270 e. The minimum absolute atomic E-state index is 0. The maximum absolute atomic E-state index is 10.3. The fraction of sp³-hybridized carbons (Fsp3) is 0.200.